The monoisotopic (exact) mass is 296 g/mol. The number of hydrogen-bond acceptors (Lipinski definition) is 4. The Bertz CT molecular complexity index is 681. The molecule has 0 fully saturated rings. The van der Waals surface area contributed by atoms with Crippen LogP contribution < -0.4 is 15.6 Å². The van der Waals surface area contributed by atoms with Crippen LogP contribution in [0.15, 0.2) is 66.9 Å². The highest BCUT2D eigenvalue weighted by Gasteiger charge is 2.05. The Morgan fingerprint density at radius 2 is 1.73 bits per heavy atom. The third kappa shape index (κ3) is 4.21. The first-order valence-electron chi connectivity index (χ1n) is 6.66. The van der Waals surface area contributed by atoms with Crippen molar-refractivity contribution in [1.29, 1.82) is 0 Å². The molecular weight excluding hydrogens is 280 g/mol. The van der Waals surface area contributed by atoms with Crippen molar-refractivity contribution in [3.8, 4) is 5.75 Å². The number of ether oxygens (including phenoxy) is 1. The van der Waals surface area contributed by atoms with Gasteiger partial charge in [0.05, 0.1) is 7.11 Å². The van der Waals surface area contributed by atoms with Gasteiger partial charge < -0.3 is 10.2 Å². The molecule has 0 aliphatic rings. The van der Waals surface area contributed by atoms with E-state index in [0.29, 0.717) is 16.9 Å². The summed E-state index contributed by atoms with van der Waals surface area (Å²) in [5, 5.41) is 0. The molecule has 112 valence electrons. The minimum Gasteiger partial charge on any atom is -0.497 e. The molecule has 0 atom stereocenters. The molecule has 2 rings (SSSR count). The van der Waals surface area contributed by atoms with Gasteiger partial charge in [-0.2, -0.15) is 0 Å². The van der Waals surface area contributed by atoms with E-state index in [1.165, 1.54) is 19.4 Å². The molecule has 0 aliphatic heterocycles. The average Bonchev–Trinajstić information content (AvgIpc) is 2.59. The number of benzene rings is 2. The molecule has 0 heterocycles. The molecule has 0 aliphatic carbocycles. The van der Waals surface area contributed by atoms with Crippen molar-refractivity contribution in [3.05, 3.63) is 78.0 Å². The summed E-state index contributed by atoms with van der Waals surface area (Å²) in [6.45, 7) is 0. The molecule has 1 amide bonds. The fourth-order valence-corrected chi connectivity index (χ4v) is 1.76. The van der Waals surface area contributed by atoms with Crippen molar-refractivity contribution < 1.29 is 14.3 Å². The Hall–Kier alpha value is -3.08. The van der Waals surface area contributed by atoms with E-state index in [-0.39, 0.29) is 11.7 Å². The summed E-state index contributed by atoms with van der Waals surface area (Å²) in [7, 11) is 1.53. The van der Waals surface area contributed by atoms with E-state index in [1.54, 1.807) is 48.5 Å². The maximum atomic E-state index is 11.9. The lowest BCUT2D eigenvalue weighted by Gasteiger charge is -2.06. The number of ketones is 1. The Morgan fingerprint density at radius 3 is 2.45 bits per heavy atom. The second-order valence-corrected chi connectivity index (χ2v) is 4.39. The second-order valence-electron chi connectivity index (χ2n) is 4.39. The van der Waals surface area contributed by atoms with Crippen molar-refractivity contribution in [2.24, 2.45) is 0 Å². The highest BCUT2D eigenvalue weighted by molar-refractivity contribution is 6.04. The number of methoxy groups -OCH3 is 1. The van der Waals surface area contributed by atoms with Crippen LogP contribution >= 0.6 is 0 Å². The number of hydrogen-bond donors (Lipinski definition) is 2. The SMILES string of the molecule is COc1cccc(C(=O)NN/C=C/C(=O)c2ccccc2)c1. The Balaban J connectivity index is 1.86. The van der Waals surface area contributed by atoms with Crippen LogP contribution in [0.5, 0.6) is 5.75 Å². The van der Waals surface area contributed by atoms with E-state index >= 15 is 0 Å². The van der Waals surface area contributed by atoms with Gasteiger partial charge in [0.2, 0.25) is 0 Å². The number of carbonyl (C=O) groups is 2. The average molecular weight is 296 g/mol. The van der Waals surface area contributed by atoms with E-state index in [2.05, 4.69) is 10.9 Å². The van der Waals surface area contributed by atoms with Crippen LogP contribution in [0.25, 0.3) is 0 Å². The molecule has 0 saturated heterocycles. The number of hydrazine groups is 1. The van der Waals surface area contributed by atoms with E-state index < -0.39 is 0 Å². The summed E-state index contributed by atoms with van der Waals surface area (Å²) in [6, 6.07) is 15.6. The first kappa shape index (κ1) is 15.3. The van der Waals surface area contributed by atoms with Crippen LogP contribution in [-0.4, -0.2) is 18.8 Å². The molecule has 5 nitrogen and oxygen atoms in total. The summed E-state index contributed by atoms with van der Waals surface area (Å²) >= 11 is 0. The highest BCUT2D eigenvalue weighted by Crippen LogP contribution is 2.11. The minimum absolute atomic E-state index is 0.149. The van der Waals surface area contributed by atoms with Gasteiger partial charge in [0.25, 0.3) is 5.91 Å². The molecule has 0 saturated carbocycles. The Kier molecular flexibility index (Phi) is 5.31. The predicted octanol–water partition coefficient (Wildman–Crippen LogP) is 2.33. The number of carbonyl (C=O) groups excluding carboxylic acids is 2. The third-order valence-electron chi connectivity index (χ3n) is 2.89. The molecule has 0 spiro atoms. The van der Waals surface area contributed by atoms with Crippen LogP contribution in [0.4, 0.5) is 0 Å². The lowest BCUT2D eigenvalue weighted by Crippen LogP contribution is -2.33. The molecule has 22 heavy (non-hydrogen) atoms. The van der Waals surface area contributed by atoms with Crippen LogP contribution in [0.3, 0.4) is 0 Å². The normalized spacial score (nSPS) is 10.2. The van der Waals surface area contributed by atoms with Gasteiger partial charge in [-0.1, -0.05) is 36.4 Å². The summed E-state index contributed by atoms with van der Waals surface area (Å²) in [5.74, 6) is 0.127. The molecule has 0 aromatic heterocycles. The van der Waals surface area contributed by atoms with Crippen LogP contribution in [-0.2, 0) is 0 Å². The zero-order valence-corrected chi connectivity index (χ0v) is 12.1. The summed E-state index contributed by atoms with van der Waals surface area (Å²) < 4.78 is 5.05. The van der Waals surface area contributed by atoms with Gasteiger partial charge in [-0.25, -0.2) is 0 Å². The van der Waals surface area contributed by atoms with Crippen molar-refractivity contribution in [2.75, 3.05) is 7.11 Å². The van der Waals surface area contributed by atoms with E-state index in [0.717, 1.165) is 0 Å². The zero-order chi connectivity index (χ0) is 15.8. The molecule has 0 bridgehead atoms. The first-order chi connectivity index (χ1) is 10.7. The maximum absolute atomic E-state index is 11.9. The standard InChI is InChI=1S/C17H16N2O3/c1-22-15-9-5-8-14(12-15)17(21)19-18-11-10-16(20)13-6-3-2-4-7-13/h2-12,18H,1H3,(H,19,21)/b11-10+. The molecule has 0 radical (unpaired) electrons. The van der Waals surface area contributed by atoms with Gasteiger partial charge in [-0.3, -0.25) is 15.0 Å². The maximum Gasteiger partial charge on any atom is 0.269 e. The van der Waals surface area contributed by atoms with Gasteiger partial charge in [0.15, 0.2) is 5.78 Å². The molecular formula is C17H16N2O3. The molecule has 2 N–H and O–H groups in total. The summed E-state index contributed by atoms with van der Waals surface area (Å²) in [4.78, 5) is 23.7. The molecule has 0 unspecified atom stereocenters. The number of nitrogens with one attached hydrogen (secondary N) is 2. The lowest BCUT2D eigenvalue weighted by molar-refractivity contribution is 0.0938. The quantitative estimate of drug-likeness (QED) is 0.488. The fourth-order valence-electron chi connectivity index (χ4n) is 1.76. The van der Waals surface area contributed by atoms with Gasteiger partial charge in [0.1, 0.15) is 5.75 Å². The van der Waals surface area contributed by atoms with Gasteiger partial charge in [0, 0.05) is 23.4 Å². The number of amides is 1. The first-order valence-corrected chi connectivity index (χ1v) is 6.66. The van der Waals surface area contributed by atoms with Gasteiger partial charge in [-0.15, -0.1) is 0 Å². The number of allylic oxidation sites excluding steroid dienone is 1. The van der Waals surface area contributed by atoms with Gasteiger partial charge >= 0.3 is 0 Å². The fraction of sp³-hybridized carbons (Fsp3) is 0.0588. The predicted molar refractivity (Wildman–Crippen MR) is 83.5 cm³/mol. The van der Waals surface area contributed by atoms with Crippen molar-refractivity contribution >= 4 is 11.7 Å². The second kappa shape index (κ2) is 7.64. The Labute approximate surface area is 128 Å². The highest BCUT2D eigenvalue weighted by atomic mass is 16.5. The number of rotatable bonds is 6. The van der Waals surface area contributed by atoms with E-state index in [4.69, 9.17) is 4.74 Å². The smallest absolute Gasteiger partial charge is 0.269 e. The summed E-state index contributed by atoms with van der Waals surface area (Å²) in [5.41, 5.74) is 6.09. The Morgan fingerprint density at radius 1 is 1.00 bits per heavy atom. The van der Waals surface area contributed by atoms with Gasteiger partial charge in [-0.05, 0) is 18.2 Å². The lowest BCUT2D eigenvalue weighted by atomic mass is 10.1. The molecule has 2 aromatic carbocycles. The van der Waals surface area contributed by atoms with Crippen LogP contribution in [0, 0.1) is 0 Å². The van der Waals surface area contributed by atoms with E-state index in [1.807, 2.05) is 6.07 Å². The third-order valence-corrected chi connectivity index (χ3v) is 2.89. The largest absolute Gasteiger partial charge is 0.497 e. The minimum atomic E-state index is -0.323. The zero-order valence-electron chi connectivity index (χ0n) is 12.1. The van der Waals surface area contributed by atoms with Crippen molar-refractivity contribution in [3.63, 3.8) is 0 Å². The molecule has 5 heteroatoms. The molecule has 2 aromatic rings. The van der Waals surface area contributed by atoms with Crippen LogP contribution in [0.2, 0.25) is 0 Å². The van der Waals surface area contributed by atoms with Crippen molar-refractivity contribution in [1.82, 2.24) is 10.9 Å². The topological polar surface area (TPSA) is 67.4 Å². The summed E-state index contributed by atoms with van der Waals surface area (Å²) in [6.07, 6.45) is 2.73. The van der Waals surface area contributed by atoms with Crippen molar-refractivity contribution in [2.45, 2.75) is 0 Å². The van der Waals surface area contributed by atoms with Crippen LogP contribution in [0.1, 0.15) is 20.7 Å². The van der Waals surface area contributed by atoms with E-state index in [9.17, 15) is 9.59 Å².